The summed E-state index contributed by atoms with van der Waals surface area (Å²) >= 11 is 1.42. The zero-order valence-electron chi connectivity index (χ0n) is 20.4. The van der Waals surface area contributed by atoms with Crippen LogP contribution in [0.4, 0.5) is 0 Å². The van der Waals surface area contributed by atoms with Gasteiger partial charge in [0.2, 0.25) is 5.78 Å². The molecule has 5 heteroatoms. The smallest absolute Gasteiger partial charge is 0.508 e. The fraction of sp³-hybridized carbons (Fsp3) is 0.267. The Hall–Kier alpha value is -1.90. The van der Waals surface area contributed by atoms with E-state index >= 15 is 0 Å². The Labute approximate surface area is 236 Å². The van der Waals surface area contributed by atoms with Crippen molar-refractivity contribution in [2.45, 2.75) is 26.7 Å². The summed E-state index contributed by atoms with van der Waals surface area (Å²) in [4.78, 5) is 16.4. The van der Waals surface area contributed by atoms with Gasteiger partial charge in [-0.2, -0.15) is 36.8 Å². The quantitative estimate of drug-likeness (QED) is 0.177. The maximum absolute atomic E-state index is 13.3. The van der Waals surface area contributed by atoms with Crippen LogP contribution in [0.25, 0.3) is 21.2 Å². The van der Waals surface area contributed by atoms with Crippen molar-refractivity contribution in [3.63, 3.8) is 0 Å². The van der Waals surface area contributed by atoms with E-state index < -0.39 is 0 Å². The monoisotopic (exact) mass is 707 g/mol. The number of thiophene rings is 1. The molecule has 1 fully saturated rings. The number of fused-ring (bicyclic) bond motifs is 1. The Bertz CT molecular complexity index is 1270. The zero-order chi connectivity index (χ0) is 24.1. The number of benzene rings is 3. The van der Waals surface area contributed by atoms with Gasteiger partial charge in [0.05, 0.1) is 4.88 Å². The number of nitrogens with zero attached hydrogens (tertiary/aromatic N) is 1. The maximum Gasteiger partial charge on any atom is 2.00 e. The first-order valence-corrected chi connectivity index (χ1v) is 12.6. The Morgan fingerprint density at radius 2 is 1.91 bits per heavy atom. The maximum atomic E-state index is 13.3. The summed E-state index contributed by atoms with van der Waals surface area (Å²) in [6.07, 6.45) is 2.45. The first kappa shape index (κ1) is 27.7. The number of carbonyl (C=O) groups is 1. The van der Waals surface area contributed by atoms with Gasteiger partial charge in [0.25, 0.3) is 0 Å². The molecule has 1 N–H and O–H groups in total. The van der Waals surface area contributed by atoms with Crippen LogP contribution in [0.3, 0.4) is 0 Å². The van der Waals surface area contributed by atoms with Gasteiger partial charge in [0.15, 0.2) is 0 Å². The van der Waals surface area contributed by atoms with Crippen molar-refractivity contribution in [2.24, 2.45) is 5.92 Å². The number of ketones is 1. The van der Waals surface area contributed by atoms with E-state index in [4.69, 9.17) is 0 Å². The van der Waals surface area contributed by atoms with E-state index in [2.05, 4.69) is 24.8 Å². The van der Waals surface area contributed by atoms with Crippen LogP contribution < -0.4 is 0 Å². The Morgan fingerprint density at radius 3 is 2.57 bits per heavy atom. The fourth-order valence-electron chi connectivity index (χ4n) is 4.49. The minimum atomic E-state index is 0. The topological polar surface area (TPSA) is 40.5 Å². The second-order valence-corrected chi connectivity index (χ2v) is 10.0. The Kier molecular flexibility index (Phi) is 10.2. The zero-order valence-corrected chi connectivity index (χ0v) is 25.4. The molecule has 0 aliphatic carbocycles. The van der Waals surface area contributed by atoms with Crippen molar-refractivity contribution in [2.75, 3.05) is 19.6 Å². The molecule has 1 aromatic heterocycles. The van der Waals surface area contributed by atoms with Gasteiger partial charge in [-0.1, -0.05) is 31.2 Å². The second-order valence-electron chi connectivity index (χ2n) is 8.97. The summed E-state index contributed by atoms with van der Waals surface area (Å²) < 4.78 is 0.903. The molecule has 0 spiro atoms. The number of aryl methyl sites for hydroxylation is 1. The average Bonchev–Trinajstić information content (AvgIpc) is 3.43. The Balaban J connectivity index is 0.000000291. The summed E-state index contributed by atoms with van der Waals surface area (Å²) in [7, 11) is 0. The van der Waals surface area contributed by atoms with Crippen LogP contribution in [0.15, 0.2) is 66.7 Å². The van der Waals surface area contributed by atoms with Gasteiger partial charge >= 0.3 is 31.1 Å². The third-order valence-corrected chi connectivity index (χ3v) is 7.41. The van der Waals surface area contributed by atoms with Gasteiger partial charge in [0, 0.05) is 16.8 Å². The predicted octanol–water partition coefficient (Wildman–Crippen LogP) is 7.17. The minimum absolute atomic E-state index is 0. The van der Waals surface area contributed by atoms with E-state index in [1.165, 1.54) is 37.4 Å². The average molecular weight is 708 g/mol. The van der Waals surface area contributed by atoms with Crippen LogP contribution in [0.2, 0.25) is 0 Å². The van der Waals surface area contributed by atoms with Gasteiger partial charge in [-0.25, -0.2) is 0 Å². The summed E-state index contributed by atoms with van der Waals surface area (Å²) in [5.74, 6) is 1.15. The number of rotatable bonds is 5. The molecule has 0 bridgehead atoms. The summed E-state index contributed by atoms with van der Waals surface area (Å²) in [5.41, 5.74) is 3.57. The fourth-order valence-corrected chi connectivity index (χ4v) is 5.70. The standard InChI is InChI=1S/C22H15O2S.C8H16N.U/c1-14-7-5-6-10-17(14)21(24)22-20(15-8-3-2-4-9-15)18-12-11-16(23)13-19(18)25-22;1-3-5-9-6-4-8(2)7-9;/h3-13,23H,1H3;8H,1,3-7H2,2H3;/q2*-1;+2/t;8-;/m.0./s1. The summed E-state index contributed by atoms with van der Waals surface area (Å²) in [6.45, 7) is 11.9. The molecule has 3 nitrogen and oxygen atoms in total. The van der Waals surface area contributed by atoms with Crippen molar-refractivity contribution < 1.29 is 41.0 Å². The number of aromatic hydroxyl groups is 1. The number of phenolic OH excluding ortho intramolecular Hbond substituents is 1. The van der Waals surface area contributed by atoms with Crippen LogP contribution in [-0.4, -0.2) is 35.4 Å². The van der Waals surface area contributed by atoms with Crippen molar-refractivity contribution >= 4 is 27.2 Å². The molecule has 1 atom stereocenters. The van der Waals surface area contributed by atoms with Crippen molar-refractivity contribution in [3.05, 3.63) is 95.7 Å². The van der Waals surface area contributed by atoms with E-state index in [0.717, 1.165) is 39.1 Å². The van der Waals surface area contributed by atoms with Crippen LogP contribution in [0.1, 0.15) is 40.6 Å². The van der Waals surface area contributed by atoms with Crippen LogP contribution in [-0.2, 0) is 0 Å². The van der Waals surface area contributed by atoms with E-state index in [9.17, 15) is 9.90 Å². The first-order chi connectivity index (χ1) is 16.5. The van der Waals surface area contributed by atoms with Gasteiger partial charge in [-0.3, -0.25) is 4.79 Å². The molecule has 3 aromatic carbocycles. The number of hydrogen-bond donors (Lipinski definition) is 1. The SMILES string of the molecule is Cc1ccccc1C(=O)c1sc2cc(O)ccc2c1-c1cc[c-]cc1.[CH2-]CCN1CC[C@H](C)C1.[U+2]. The molecule has 1 aliphatic heterocycles. The summed E-state index contributed by atoms with van der Waals surface area (Å²) in [6, 6.07) is 23.5. The first-order valence-electron chi connectivity index (χ1n) is 11.8. The number of phenols is 1. The molecule has 0 saturated carbocycles. The van der Waals surface area contributed by atoms with E-state index in [1.807, 2.05) is 61.5 Å². The number of carbonyl (C=O) groups excluding carboxylic acids is 1. The summed E-state index contributed by atoms with van der Waals surface area (Å²) in [5, 5.41) is 10.8. The van der Waals surface area contributed by atoms with Gasteiger partial charge in [-0.15, -0.1) is 16.9 Å². The van der Waals surface area contributed by atoms with E-state index in [-0.39, 0.29) is 42.6 Å². The third-order valence-electron chi connectivity index (χ3n) is 6.26. The third kappa shape index (κ3) is 6.66. The van der Waals surface area contributed by atoms with Crippen LogP contribution >= 0.6 is 11.3 Å². The van der Waals surface area contributed by atoms with E-state index in [1.54, 1.807) is 12.1 Å². The van der Waals surface area contributed by atoms with E-state index in [0.29, 0.717) is 10.4 Å². The van der Waals surface area contributed by atoms with Crippen LogP contribution in [0, 0.1) is 56.9 Å². The predicted molar refractivity (Wildman–Crippen MR) is 143 cm³/mol. The Morgan fingerprint density at radius 1 is 1.17 bits per heavy atom. The minimum Gasteiger partial charge on any atom is -0.508 e. The van der Waals surface area contributed by atoms with Crippen molar-refractivity contribution in [1.29, 1.82) is 0 Å². The molecule has 0 amide bonds. The molecule has 1 aliphatic rings. The molecule has 4 aromatic rings. The van der Waals surface area contributed by atoms with Crippen molar-refractivity contribution in [1.82, 2.24) is 4.90 Å². The largest absolute Gasteiger partial charge is 2.00 e. The molecule has 0 radical (unpaired) electrons. The number of likely N-dealkylation sites (tertiary alicyclic amines) is 1. The van der Waals surface area contributed by atoms with Gasteiger partial charge in [-0.05, 0) is 67.1 Å². The molecule has 35 heavy (non-hydrogen) atoms. The molecule has 2 heterocycles. The van der Waals surface area contributed by atoms with Gasteiger partial charge < -0.3 is 16.9 Å². The molecule has 0 unspecified atom stereocenters. The van der Waals surface area contributed by atoms with Gasteiger partial charge in [0.1, 0.15) is 5.75 Å². The molecule has 178 valence electrons. The molecule has 5 rings (SSSR count). The molecule has 1 saturated heterocycles. The second kappa shape index (κ2) is 12.9. The number of hydrogen-bond acceptors (Lipinski definition) is 4. The van der Waals surface area contributed by atoms with Crippen LogP contribution in [0.5, 0.6) is 5.75 Å². The normalized spacial score (nSPS) is 15.3. The van der Waals surface area contributed by atoms with Crippen molar-refractivity contribution in [3.8, 4) is 16.9 Å². The molecular weight excluding hydrogens is 676 g/mol. The molecular formula is C30H31NO2SU.